The molecular formula is C22H22ClF3N2O2. The van der Waals surface area contributed by atoms with Crippen molar-refractivity contribution in [3.63, 3.8) is 0 Å². The van der Waals surface area contributed by atoms with E-state index < -0.39 is 30.0 Å². The van der Waals surface area contributed by atoms with Crippen LogP contribution < -0.4 is 5.32 Å². The van der Waals surface area contributed by atoms with Gasteiger partial charge in [-0.15, -0.1) is 0 Å². The van der Waals surface area contributed by atoms with E-state index in [9.17, 15) is 22.8 Å². The fourth-order valence-electron chi connectivity index (χ4n) is 3.59. The summed E-state index contributed by atoms with van der Waals surface area (Å²) in [5.41, 5.74) is 0.957. The van der Waals surface area contributed by atoms with Crippen LogP contribution >= 0.6 is 11.6 Å². The lowest BCUT2D eigenvalue weighted by atomic mass is 9.96. The molecule has 8 heteroatoms. The molecule has 3 rings (SSSR count). The summed E-state index contributed by atoms with van der Waals surface area (Å²) in [5, 5.41) is 3.08. The minimum atomic E-state index is -4.32. The highest BCUT2D eigenvalue weighted by atomic mass is 35.5. The van der Waals surface area contributed by atoms with Crippen molar-refractivity contribution in [2.45, 2.75) is 31.5 Å². The predicted molar refractivity (Wildman–Crippen MR) is 108 cm³/mol. The largest absolute Gasteiger partial charge is 0.393 e. The maximum absolute atomic E-state index is 13.1. The van der Waals surface area contributed by atoms with Gasteiger partial charge in [-0.05, 0) is 30.5 Å². The number of rotatable bonds is 5. The number of nitrogens with one attached hydrogen (secondary N) is 1. The molecule has 2 atom stereocenters. The van der Waals surface area contributed by atoms with Gasteiger partial charge in [0.2, 0.25) is 5.91 Å². The highest BCUT2D eigenvalue weighted by Gasteiger charge is 2.42. The predicted octanol–water partition coefficient (Wildman–Crippen LogP) is 5.00. The average Bonchev–Trinajstić information content (AvgIpc) is 2.73. The van der Waals surface area contributed by atoms with E-state index in [1.807, 2.05) is 0 Å². The van der Waals surface area contributed by atoms with Gasteiger partial charge in [0.1, 0.15) is 0 Å². The molecule has 1 N–H and O–H groups in total. The maximum Gasteiger partial charge on any atom is 0.393 e. The molecule has 4 nitrogen and oxygen atoms in total. The van der Waals surface area contributed by atoms with Gasteiger partial charge in [0, 0.05) is 13.1 Å². The first kappa shape index (κ1) is 22.2. The molecule has 0 bridgehead atoms. The molecule has 0 aliphatic carbocycles. The summed E-state index contributed by atoms with van der Waals surface area (Å²) in [6.45, 7) is -0.0618. The van der Waals surface area contributed by atoms with Crippen molar-refractivity contribution in [1.82, 2.24) is 10.2 Å². The average molecular weight is 439 g/mol. The normalized spacial score (nSPS) is 18.0. The Labute approximate surface area is 178 Å². The zero-order chi connectivity index (χ0) is 21.7. The van der Waals surface area contributed by atoms with Crippen molar-refractivity contribution in [2.75, 3.05) is 13.1 Å². The quantitative estimate of drug-likeness (QED) is 0.714. The molecule has 0 aromatic heterocycles. The molecule has 1 aliphatic heterocycles. The number of amides is 2. The van der Waals surface area contributed by atoms with E-state index in [-0.39, 0.29) is 36.5 Å². The first-order chi connectivity index (χ1) is 14.3. The van der Waals surface area contributed by atoms with Gasteiger partial charge in [-0.25, -0.2) is 0 Å². The molecule has 0 spiro atoms. The Morgan fingerprint density at radius 2 is 1.77 bits per heavy atom. The molecule has 1 heterocycles. The third-order valence-electron chi connectivity index (χ3n) is 5.24. The second-order valence-electron chi connectivity index (χ2n) is 7.34. The minimum absolute atomic E-state index is 0.0264. The van der Waals surface area contributed by atoms with Crippen molar-refractivity contribution in [2.24, 2.45) is 5.92 Å². The Morgan fingerprint density at radius 1 is 1.10 bits per heavy atom. The van der Waals surface area contributed by atoms with Crippen LogP contribution in [-0.2, 0) is 4.79 Å². The van der Waals surface area contributed by atoms with Crippen molar-refractivity contribution in [3.05, 3.63) is 70.7 Å². The van der Waals surface area contributed by atoms with E-state index >= 15 is 0 Å². The van der Waals surface area contributed by atoms with E-state index in [0.29, 0.717) is 12.0 Å². The van der Waals surface area contributed by atoms with Gasteiger partial charge in [-0.3, -0.25) is 9.59 Å². The number of halogens is 4. The van der Waals surface area contributed by atoms with E-state index in [1.165, 1.54) is 4.90 Å². The first-order valence-corrected chi connectivity index (χ1v) is 10.1. The molecule has 30 heavy (non-hydrogen) atoms. The third-order valence-corrected chi connectivity index (χ3v) is 5.57. The second-order valence-corrected chi connectivity index (χ2v) is 7.75. The molecule has 1 saturated heterocycles. The SMILES string of the molecule is O=C(N[C@@H](CC(=O)N1CCC[C@@H](C(F)(F)F)C1)c1ccccc1)c1ccccc1Cl. The number of alkyl halides is 3. The topological polar surface area (TPSA) is 49.4 Å². The summed E-state index contributed by atoms with van der Waals surface area (Å²) in [5.74, 6) is -2.38. The molecule has 160 valence electrons. The summed E-state index contributed by atoms with van der Waals surface area (Å²) in [4.78, 5) is 26.8. The summed E-state index contributed by atoms with van der Waals surface area (Å²) in [6, 6.07) is 14.7. The Balaban J connectivity index is 1.76. The van der Waals surface area contributed by atoms with Gasteiger partial charge in [-0.1, -0.05) is 54.1 Å². The molecule has 0 unspecified atom stereocenters. The molecule has 0 radical (unpaired) electrons. The first-order valence-electron chi connectivity index (χ1n) is 9.70. The lowest BCUT2D eigenvalue weighted by Gasteiger charge is -2.34. The Bertz CT molecular complexity index is 889. The summed E-state index contributed by atoms with van der Waals surface area (Å²) >= 11 is 6.09. The summed E-state index contributed by atoms with van der Waals surface area (Å²) < 4.78 is 39.3. The van der Waals surface area contributed by atoms with Gasteiger partial charge >= 0.3 is 6.18 Å². The Kier molecular flexibility index (Phi) is 7.02. The van der Waals surface area contributed by atoms with Crippen LogP contribution in [0, 0.1) is 5.92 Å². The Hall–Kier alpha value is -2.54. The Morgan fingerprint density at radius 3 is 2.43 bits per heavy atom. The van der Waals surface area contributed by atoms with Crippen molar-refractivity contribution < 1.29 is 22.8 Å². The molecule has 1 aliphatic rings. The van der Waals surface area contributed by atoms with Crippen molar-refractivity contribution >= 4 is 23.4 Å². The van der Waals surface area contributed by atoms with Crippen LogP contribution in [-0.4, -0.2) is 36.0 Å². The molecule has 1 fully saturated rings. The third kappa shape index (κ3) is 5.53. The van der Waals surface area contributed by atoms with Gasteiger partial charge in [0.15, 0.2) is 0 Å². The molecule has 0 saturated carbocycles. The minimum Gasteiger partial charge on any atom is -0.345 e. The zero-order valence-electron chi connectivity index (χ0n) is 16.2. The number of benzene rings is 2. The van der Waals surface area contributed by atoms with Gasteiger partial charge in [0.05, 0.1) is 29.0 Å². The number of piperidine rings is 1. The second kappa shape index (κ2) is 9.51. The standard InChI is InChI=1S/C22H22ClF3N2O2/c23-18-11-5-4-10-17(18)21(30)27-19(15-7-2-1-3-8-15)13-20(29)28-12-6-9-16(14-28)22(24,25)26/h1-5,7-8,10-11,16,19H,6,9,12-14H2,(H,27,30)/t16-,19+/m1/s1. The van der Waals surface area contributed by atoms with Crippen LogP contribution in [0.1, 0.15) is 41.2 Å². The van der Waals surface area contributed by atoms with Gasteiger partial charge in [-0.2, -0.15) is 13.2 Å². The molecule has 2 aromatic rings. The number of nitrogens with zero attached hydrogens (tertiary/aromatic N) is 1. The number of carbonyl (C=O) groups is 2. The molecule has 2 aromatic carbocycles. The van der Waals surface area contributed by atoms with Crippen LogP contribution in [0.25, 0.3) is 0 Å². The van der Waals surface area contributed by atoms with Crippen LogP contribution in [0.2, 0.25) is 5.02 Å². The van der Waals surface area contributed by atoms with Crippen LogP contribution in [0.3, 0.4) is 0 Å². The lowest BCUT2D eigenvalue weighted by molar-refractivity contribution is -0.188. The van der Waals surface area contributed by atoms with Crippen LogP contribution in [0.15, 0.2) is 54.6 Å². The monoisotopic (exact) mass is 438 g/mol. The van der Waals surface area contributed by atoms with Crippen molar-refractivity contribution in [1.29, 1.82) is 0 Å². The lowest BCUT2D eigenvalue weighted by Crippen LogP contribution is -2.45. The van der Waals surface area contributed by atoms with E-state index in [1.54, 1.807) is 54.6 Å². The van der Waals surface area contributed by atoms with Gasteiger partial charge in [0.25, 0.3) is 5.91 Å². The fraction of sp³-hybridized carbons (Fsp3) is 0.364. The number of likely N-dealkylation sites (tertiary alicyclic amines) is 1. The van der Waals surface area contributed by atoms with Gasteiger partial charge < -0.3 is 10.2 Å². The zero-order valence-corrected chi connectivity index (χ0v) is 16.9. The van der Waals surface area contributed by atoms with E-state index in [2.05, 4.69) is 5.32 Å². The number of hydrogen-bond acceptors (Lipinski definition) is 2. The van der Waals surface area contributed by atoms with Crippen molar-refractivity contribution in [3.8, 4) is 0 Å². The van der Waals surface area contributed by atoms with E-state index in [0.717, 1.165) is 0 Å². The van der Waals surface area contributed by atoms with Crippen LogP contribution in [0.5, 0.6) is 0 Å². The smallest absolute Gasteiger partial charge is 0.345 e. The summed E-state index contributed by atoms with van der Waals surface area (Å²) in [6.07, 6.45) is -4.13. The fourth-order valence-corrected chi connectivity index (χ4v) is 3.82. The molecular weight excluding hydrogens is 417 g/mol. The maximum atomic E-state index is 13.1. The van der Waals surface area contributed by atoms with Crippen LogP contribution in [0.4, 0.5) is 13.2 Å². The highest BCUT2D eigenvalue weighted by Crippen LogP contribution is 2.33. The summed E-state index contributed by atoms with van der Waals surface area (Å²) in [7, 11) is 0. The molecule has 2 amide bonds. The number of carbonyl (C=O) groups excluding carboxylic acids is 2. The highest BCUT2D eigenvalue weighted by molar-refractivity contribution is 6.33. The number of hydrogen-bond donors (Lipinski definition) is 1. The van der Waals surface area contributed by atoms with E-state index in [4.69, 9.17) is 11.6 Å².